The smallest absolute Gasteiger partial charge is 0.115 e. The molecule has 2 aromatic heterocycles. The van der Waals surface area contributed by atoms with Crippen molar-refractivity contribution in [1.29, 1.82) is 0 Å². The molecule has 1 N–H and O–H groups in total. The molecule has 0 aliphatic rings. The van der Waals surface area contributed by atoms with Gasteiger partial charge in [0, 0.05) is 25.5 Å². The van der Waals surface area contributed by atoms with Gasteiger partial charge in [-0.1, -0.05) is 27.7 Å². The Bertz CT molecular complexity index is 540. The predicted molar refractivity (Wildman–Crippen MR) is 88.4 cm³/mol. The second-order valence-corrected chi connectivity index (χ2v) is 8.23. The summed E-state index contributed by atoms with van der Waals surface area (Å²) >= 11 is 7.04. The first-order valence-corrected chi connectivity index (χ1v) is 8.90. The Morgan fingerprint density at radius 3 is 2.53 bits per heavy atom. The molecule has 1 unspecified atom stereocenters. The number of hydrogen-bond donors (Lipinski definition) is 1. The fourth-order valence-electron chi connectivity index (χ4n) is 1.76. The highest BCUT2D eigenvalue weighted by molar-refractivity contribution is 9.10. The number of hydrogen-bond acceptors (Lipinski definition) is 4. The second-order valence-electron chi connectivity index (χ2n) is 5.48. The average Bonchev–Trinajstić information content (AvgIpc) is 2.93. The maximum atomic E-state index is 4.83. The number of thiazole rings is 1. The van der Waals surface area contributed by atoms with Crippen molar-refractivity contribution in [3.63, 3.8) is 0 Å². The Labute approximate surface area is 131 Å². The normalized spacial score (nSPS) is 13.7. The molecule has 2 nitrogen and oxygen atoms in total. The van der Waals surface area contributed by atoms with E-state index in [9.17, 15) is 0 Å². The first kappa shape index (κ1) is 15.2. The minimum Gasteiger partial charge on any atom is -0.304 e. The van der Waals surface area contributed by atoms with E-state index in [4.69, 9.17) is 4.98 Å². The van der Waals surface area contributed by atoms with Gasteiger partial charge in [0.1, 0.15) is 5.01 Å². The van der Waals surface area contributed by atoms with Gasteiger partial charge in [0.2, 0.25) is 0 Å². The van der Waals surface area contributed by atoms with E-state index in [0.717, 1.165) is 16.0 Å². The molecular weight excluding hydrogens is 340 g/mol. The Morgan fingerprint density at radius 1 is 1.32 bits per heavy atom. The summed E-state index contributed by atoms with van der Waals surface area (Å²) in [7, 11) is 0. The van der Waals surface area contributed by atoms with Crippen molar-refractivity contribution < 1.29 is 0 Å². The van der Waals surface area contributed by atoms with Crippen LogP contribution in [0.15, 0.2) is 21.3 Å². The lowest BCUT2D eigenvalue weighted by molar-refractivity contribution is 0.563. The molecular formula is C14H19BrN2S2. The molecule has 2 aromatic rings. The zero-order valence-corrected chi connectivity index (χ0v) is 14.9. The first-order valence-electron chi connectivity index (χ1n) is 6.35. The summed E-state index contributed by atoms with van der Waals surface area (Å²) in [5.41, 5.74) is 1.28. The number of aromatic nitrogens is 1. The van der Waals surface area contributed by atoms with Crippen LogP contribution in [0, 0.1) is 0 Å². The van der Waals surface area contributed by atoms with Crippen molar-refractivity contribution in [2.75, 3.05) is 6.54 Å². The van der Waals surface area contributed by atoms with Crippen LogP contribution in [-0.4, -0.2) is 11.5 Å². The van der Waals surface area contributed by atoms with E-state index in [0.29, 0.717) is 0 Å². The molecule has 0 aliphatic heterocycles. The molecule has 5 heteroatoms. The summed E-state index contributed by atoms with van der Waals surface area (Å²) < 4.78 is 1.14. The van der Waals surface area contributed by atoms with E-state index < -0.39 is 0 Å². The topological polar surface area (TPSA) is 24.9 Å². The van der Waals surface area contributed by atoms with E-state index in [1.54, 1.807) is 22.7 Å². The molecule has 0 aliphatic carbocycles. The Kier molecular flexibility index (Phi) is 4.82. The molecule has 2 rings (SSSR count). The number of rotatable bonds is 4. The van der Waals surface area contributed by atoms with Crippen LogP contribution in [0.25, 0.3) is 0 Å². The molecule has 2 heterocycles. The lowest BCUT2D eigenvalue weighted by atomic mass is 9.93. The van der Waals surface area contributed by atoms with Crippen LogP contribution in [0.4, 0.5) is 0 Å². The van der Waals surface area contributed by atoms with Crippen molar-refractivity contribution in [2.45, 2.75) is 39.2 Å². The molecule has 0 fully saturated rings. The highest BCUT2D eigenvalue weighted by Gasteiger charge is 2.22. The van der Waals surface area contributed by atoms with Crippen molar-refractivity contribution >= 4 is 38.6 Å². The molecule has 0 saturated carbocycles. The van der Waals surface area contributed by atoms with Crippen molar-refractivity contribution in [1.82, 2.24) is 10.3 Å². The van der Waals surface area contributed by atoms with Crippen LogP contribution in [0.5, 0.6) is 0 Å². The maximum Gasteiger partial charge on any atom is 0.115 e. The van der Waals surface area contributed by atoms with Crippen molar-refractivity contribution in [2.24, 2.45) is 0 Å². The Balaban J connectivity index is 2.32. The van der Waals surface area contributed by atoms with E-state index in [1.165, 1.54) is 10.6 Å². The van der Waals surface area contributed by atoms with Crippen LogP contribution in [0.1, 0.15) is 49.3 Å². The van der Waals surface area contributed by atoms with Gasteiger partial charge in [-0.15, -0.1) is 22.7 Å². The predicted octanol–water partition coefficient (Wildman–Crippen LogP) is 4.96. The van der Waals surface area contributed by atoms with E-state index in [-0.39, 0.29) is 11.5 Å². The summed E-state index contributed by atoms with van der Waals surface area (Å²) in [5, 5.41) is 8.99. The van der Waals surface area contributed by atoms with E-state index in [1.807, 2.05) is 0 Å². The van der Waals surface area contributed by atoms with Gasteiger partial charge >= 0.3 is 0 Å². The summed E-state index contributed by atoms with van der Waals surface area (Å²) in [5.74, 6) is 0. The summed E-state index contributed by atoms with van der Waals surface area (Å²) in [6, 6.07) is 2.39. The number of halogens is 1. The van der Waals surface area contributed by atoms with E-state index in [2.05, 4.69) is 65.8 Å². The lowest BCUT2D eigenvalue weighted by Crippen LogP contribution is -2.21. The Morgan fingerprint density at radius 2 is 2.05 bits per heavy atom. The van der Waals surface area contributed by atoms with Crippen LogP contribution >= 0.6 is 38.6 Å². The average molecular weight is 359 g/mol. The molecule has 0 radical (unpaired) electrons. The second kappa shape index (κ2) is 6.04. The quantitative estimate of drug-likeness (QED) is 0.834. The molecule has 0 spiro atoms. The van der Waals surface area contributed by atoms with Crippen molar-refractivity contribution in [3.05, 3.63) is 36.9 Å². The third-order valence-corrected chi connectivity index (χ3v) is 5.49. The fraction of sp³-hybridized carbons (Fsp3) is 0.500. The highest BCUT2D eigenvalue weighted by atomic mass is 79.9. The van der Waals surface area contributed by atoms with Gasteiger partial charge in [-0.3, -0.25) is 0 Å². The van der Waals surface area contributed by atoms with Crippen LogP contribution < -0.4 is 5.32 Å². The fourth-order valence-corrected chi connectivity index (χ4v) is 4.49. The van der Waals surface area contributed by atoms with Crippen molar-refractivity contribution in [3.8, 4) is 0 Å². The monoisotopic (exact) mass is 358 g/mol. The molecule has 0 bridgehead atoms. The summed E-state index contributed by atoms with van der Waals surface area (Å²) in [6.45, 7) is 9.68. The van der Waals surface area contributed by atoms with Gasteiger partial charge in [-0.05, 0) is 28.5 Å². The highest BCUT2D eigenvalue weighted by Crippen LogP contribution is 2.33. The van der Waals surface area contributed by atoms with Gasteiger partial charge in [0.15, 0.2) is 0 Å². The molecule has 1 atom stereocenters. The van der Waals surface area contributed by atoms with Crippen LogP contribution in [-0.2, 0) is 5.41 Å². The van der Waals surface area contributed by atoms with Crippen LogP contribution in [0.3, 0.4) is 0 Å². The lowest BCUT2D eigenvalue weighted by Gasteiger charge is -2.16. The third-order valence-electron chi connectivity index (χ3n) is 2.82. The number of nitrogens with one attached hydrogen (secondary N) is 1. The number of nitrogens with zero attached hydrogens (tertiary/aromatic N) is 1. The number of thiophene rings is 1. The summed E-state index contributed by atoms with van der Waals surface area (Å²) in [6.07, 6.45) is 0. The van der Waals surface area contributed by atoms with Gasteiger partial charge in [0.25, 0.3) is 0 Å². The molecule has 0 amide bonds. The standard InChI is InChI=1S/C14H19BrN2S2/c1-5-16-12(10-6-9(15)7-18-10)13-17-11(8-19-13)14(2,3)4/h6-8,12,16H,5H2,1-4H3. The largest absolute Gasteiger partial charge is 0.304 e. The third kappa shape index (κ3) is 3.66. The minimum absolute atomic E-state index is 0.113. The van der Waals surface area contributed by atoms with Gasteiger partial charge in [0.05, 0.1) is 11.7 Å². The zero-order valence-electron chi connectivity index (χ0n) is 11.7. The minimum atomic E-state index is 0.113. The molecule has 104 valence electrons. The maximum absolute atomic E-state index is 4.83. The SMILES string of the molecule is CCNC(c1cc(Br)cs1)c1nc(C(C)(C)C)cs1. The van der Waals surface area contributed by atoms with Gasteiger partial charge in [-0.25, -0.2) is 4.98 Å². The molecule has 0 aromatic carbocycles. The summed E-state index contributed by atoms with van der Waals surface area (Å²) in [4.78, 5) is 6.14. The molecule has 19 heavy (non-hydrogen) atoms. The zero-order chi connectivity index (χ0) is 14.0. The van der Waals surface area contributed by atoms with Gasteiger partial charge < -0.3 is 5.32 Å². The van der Waals surface area contributed by atoms with Gasteiger partial charge in [-0.2, -0.15) is 0 Å². The molecule has 0 saturated heterocycles. The Hall–Kier alpha value is -0.230. The first-order chi connectivity index (χ1) is 8.91. The van der Waals surface area contributed by atoms with E-state index >= 15 is 0 Å². The van der Waals surface area contributed by atoms with Crippen LogP contribution in [0.2, 0.25) is 0 Å².